The molecule has 0 saturated heterocycles. The van der Waals surface area contributed by atoms with Gasteiger partial charge in [0.05, 0.1) is 0 Å². The van der Waals surface area contributed by atoms with E-state index in [2.05, 4.69) is 16.0 Å². The molecule has 0 atom stereocenters. The molecule has 3 N–H and O–H groups in total. The van der Waals surface area contributed by atoms with Crippen LogP contribution in [-0.4, -0.2) is 31.4 Å². The molecule has 1 fully saturated rings. The van der Waals surface area contributed by atoms with Gasteiger partial charge in [-0.25, -0.2) is 8.78 Å². The van der Waals surface area contributed by atoms with Gasteiger partial charge < -0.3 is 16.0 Å². The Kier molecular flexibility index (Phi) is 4.72. The van der Waals surface area contributed by atoms with Gasteiger partial charge in [0.15, 0.2) is 0 Å². The maximum Gasteiger partial charge on any atom is 0.251 e. The number of hydrogen-bond donors (Lipinski definition) is 3. The normalized spacial score (nSPS) is 13.7. The summed E-state index contributed by atoms with van der Waals surface area (Å²) in [5, 5.41) is 7.62. The molecule has 1 aliphatic carbocycles. The molecule has 0 bridgehead atoms. The van der Waals surface area contributed by atoms with Crippen molar-refractivity contribution in [1.29, 1.82) is 0 Å². The highest BCUT2D eigenvalue weighted by molar-refractivity contribution is 5.94. The van der Waals surface area contributed by atoms with E-state index in [0.29, 0.717) is 0 Å². The van der Waals surface area contributed by atoms with E-state index < -0.39 is 17.5 Å². The lowest BCUT2D eigenvalue weighted by molar-refractivity contribution is -0.121. The van der Waals surface area contributed by atoms with Crippen molar-refractivity contribution in [2.75, 3.05) is 18.9 Å². The summed E-state index contributed by atoms with van der Waals surface area (Å²) in [4.78, 5) is 23.2. The molecule has 114 valence electrons. The lowest BCUT2D eigenvalue weighted by Gasteiger charge is -2.08. The van der Waals surface area contributed by atoms with E-state index in [4.69, 9.17) is 0 Å². The Labute approximate surface area is 121 Å². The first kappa shape index (κ1) is 15.2. The molecule has 0 spiro atoms. The van der Waals surface area contributed by atoms with Gasteiger partial charge in [0.2, 0.25) is 5.91 Å². The van der Waals surface area contributed by atoms with Crippen molar-refractivity contribution in [3.05, 3.63) is 29.3 Å². The van der Waals surface area contributed by atoms with Gasteiger partial charge in [-0.1, -0.05) is 0 Å². The Morgan fingerprint density at radius 3 is 2.38 bits per heavy atom. The number of anilines is 1. The van der Waals surface area contributed by atoms with Crippen LogP contribution in [0.1, 0.15) is 29.6 Å². The zero-order valence-electron chi connectivity index (χ0n) is 11.6. The van der Waals surface area contributed by atoms with Gasteiger partial charge >= 0.3 is 0 Å². The van der Waals surface area contributed by atoms with Crippen molar-refractivity contribution >= 4 is 17.5 Å². The lowest BCUT2D eigenvalue weighted by Crippen LogP contribution is -2.31. The number of carbonyl (C=O) groups excluding carboxylic acids is 2. The maximum absolute atomic E-state index is 13.5. The van der Waals surface area contributed by atoms with E-state index in [1.165, 1.54) is 7.05 Å². The second-order valence-electron chi connectivity index (χ2n) is 4.91. The molecular weight excluding hydrogens is 280 g/mol. The van der Waals surface area contributed by atoms with Crippen LogP contribution < -0.4 is 16.0 Å². The summed E-state index contributed by atoms with van der Waals surface area (Å²) in [6, 6.07) is 2.17. The van der Waals surface area contributed by atoms with E-state index in [0.717, 1.165) is 25.0 Å². The third-order valence-electron chi connectivity index (χ3n) is 3.13. The molecule has 0 heterocycles. The molecule has 7 heteroatoms. The summed E-state index contributed by atoms with van der Waals surface area (Å²) < 4.78 is 27.1. The van der Waals surface area contributed by atoms with Gasteiger partial charge in [0.1, 0.15) is 17.3 Å². The average Bonchev–Trinajstić information content (AvgIpc) is 3.22. The van der Waals surface area contributed by atoms with Crippen LogP contribution in [0, 0.1) is 11.6 Å². The van der Waals surface area contributed by atoms with E-state index in [1.807, 2.05) is 0 Å². The highest BCUT2D eigenvalue weighted by Gasteiger charge is 2.23. The molecule has 1 saturated carbocycles. The second kappa shape index (κ2) is 6.51. The SMILES string of the molecule is CNc1c(F)cc(C(=O)NCCC(=O)NC2CC2)cc1F. The second-order valence-corrected chi connectivity index (χ2v) is 4.91. The molecule has 2 rings (SSSR count). The molecule has 2 amide bonds. The Morgan fingerprint density at radius 1 is 1.24 bits per heavy atom. The number of nitrogens with one attached hydrogen (secondary N) is 3. The first-order valence-electron chi connectivity index (χ1n) is 6.75. The van der Waals surface area contributed by atoms with E-state index in [-0.39, 0.29) is 36.2 Å². The number of halogens is 2. The summed E-state index contributed by atoms with van der Waals surface area (Å²) in [7, 11) is 1.39. The number of carbonyl (C=O) groups is 2. The molecule has 0 aliphatic heterocycles. The molecule has 1 aliphatic rings. The standard InChI is InChI=1S/C14H17F2N3O2/c1-17-13-10(15)6-8(7-11(13)16)14(21)18-5-4-12(20)19-9-2-3-9/h6-7,9,17H,2-5H2,1H3,(H,18,21)(H,19,20). The molecule has 1 aromatic carbocycles. The molecule has 0 aromatic heterocycles. The fourth-order valence-electron chi connectivity index (χ4n) is 1.86. The third kappa shape index (κ3) is 4.14. The van der Waals surface area contributed by atoms with Gasteiger partial charge in [-0.15, -0.1) is 0 Å². The van der Waals surface area contributed by atoms with Crippen LogP contribution >= 0.6 is 0 Å². The Balaban J connectivity index is 1.86. The van der Waals surface area contributed by atoms with Crippen LogP contribution in [0.4, 0.5) is 14.5 Å². The van der Waals surface area contributed by atoms with Gasteiger partial charge in [-0.3, -0.25) is 9.59 Å². The summed E-state index contributed by atoms with van der Waals surface area (Å²) in [6.07, 6.45) is 2.13. The molecule has 1 aromatic rings. The minimum atomic E-state index is -0.839. The molecule has 0 radical (unpaired) electrons. The number of amides is 2. The predicted molar refractivity (Wildman–Crippen MR) is 74.0 cm³/mol. The molecular formula is C14H17F2N3O2. The Morgan fingerprint density at radius 2 is 1.86 bits per heavy atom. The number of hydrogen-bond acceptors (Lipinski definition) is 3. The van der Waals surface area contributed by atoms with Crippen LogP contribution in [0.15, 0.2) is 12.1 Å². The first-order valence-corrected chi connectivity index (χ1v) is 6.75. The highest BCUT2D eigenvalue weighted by atomic mass is 19.1. The summed E-state index contributed by atoms with van der Waals surface area (Å²) >= 11 is 0. The summed E-state index contributed by atoms with van der Waals surface area (Å²) in [5.41, 5.74) is -0.401. The summed E-state index contributed by atoms with van der Waals surface area (Å²) in [6.45, 7) is 0.119. The highest BCUT2D eigenvalue weighted by Crippen LogP contribution is 2.20. The van der Waals surface area contributed by atoms with Crippen molar-refractivity contribution in [2.45, 2.75) is 25.3 Å². The monoisotopic (exact) mass is 297 g/mol. The number of rotatable bonds is 6. The van der Waals surface area contributed by atoms with Crippen molar-refractivity contribution < 1.29 is 18.4 Å². The van der Waals surface area contributed by atoms with E-state index in [1.54, 1.807) is 0 Å². The zero-order valence-corrected chi connectivity index (χ0v) is 11.6. The van der Waals surface area contributed by atoms with Crippen LogP contribution in [0.25, 0.3) is 0 Å². The fourth-order valence-corrected chi connectivity index (χ4v) is 1.86. The average molecular weight is 297 g/mol. The van der Waals surface area contributed by atoms with Crippen molar-refractivity contribution in [3.63, 3.8) is 0 Å². The Bertz CT molecular complexity index is 536. The fraction of sp³-hybridized carbons (Fsp3) is 0.429. The largest absolute Gasteiger partial charge is 0.383 e. The molecule has 0 unspecified atom stereocenters. The third-order valence-corrected chi connectivity index (χ3v) is 3.13. The Hall–Kier alpha value is -2.18. The quantitative estimate of drug-likeness (QED) is 0.743. The minimum absolute atomic E-state index is 0.119. The van der Waals surface area contributed by atoms with Crippen molar-refractivity contribution in [2.24, 2.45) is 0 Å². The van der Waals surface area contributed by atoms with Crippen LogP contribution in [0.2, 0.25) is 0 Å². The number of benzene rings is 1. The van der Waals surface area contributed by atoms with Gasteiger partial charge in [0, 0.05) is 31.6 Å². The van der Waals surface area contributed by atoms with Crippen LogP contribution in [-0.2, 0) is 4.79 Å². The maximum atomic E-state index is 13.5. The van der Waals surface area contributed by atoms with Crippen molar-refractivity contribution in [3.8, 4) is 0 Å². The molecule has 21 heavy (non-hydrogen) atoms. The van der Waals surface area contributed by atoms with Gasteiger partial charge in [-0.2, -0.15) is 0 Å². The zero-order chi connectivity index (χ0) is 15.4. The minimum Gasteiger partial charge on any atom is -0.383 e. The first-order chi connectivity index (χ1) is 10.0. The van der Waals surface area contributed by atoms with E-state index >= 15 is 0 Å². The lowest BCUT2D eigenvalue weighted by atomic mass is 10.1. The van der Waals surface area contributed by atoms with Crippen LogP contribution in [0.5, 0.6) is 0 Å². The van der Waals surface area contributed by atoms with E-state index in [9.17, 15) is 18.4 Å². The smallest absolute Gasteiger partial charge is 0.251 e. The molecule has 5 nitrogen and oxygen atoms in total. The van der Waals surface area contributed by atoms with Gasteiger partial charge in [0.25, 0.3) is 5.91 Å². The summed E-state index contributed by atoms with van der Waals surface area (Å²) in [5.74, 6) is -2.43. The van der Waals surface area contributed by atoms with Crippen LogP contribution in [0.3, 0.4) is 0 Å². The topological polar surface area (TPSA) is 70.2 Å². The van der Waals surface area contributed by atoms with Gasteiger partial charge in [-0.05, 0) is 25.0 Å². The predicted octanol–water partition coefficient (Wildman–Crippen LogP) is 1.40. The van der Waals surface area contributed by atoms with Crippen molar-refractivity contribution in [1.82, 2.24) is 10.6 Å².